The van der Waals surface area contributed by atoms with Gasteiger partial charge in [0.1, 0.15) is 18.8 Å². The molecule has 0 aliphatic rings. The zero-order valence-corrected chi connectivity index (χ0v) is 27.8. The fraction of sp³-hybridized carbons (Fsp3) is 0.724. The van der Waals surface area contributed by atoms with E-state index in [1.165, 1.54) is 82.0 Å². The first kappa shape index (κ1) is 39.6. The number of nitrogens with zero attached hydrogens (tertiary/aromatic N) is 2. The summed E-state index contributed by atoms with van der Waals surface area (Å²) in [7, 11) is -7.04. The number of carbonyl (C=O) groups is 2. The number of amides is 2. The van der Waals surface area contributed by atoms with Gasteiger partial charge in [0.15, 0.2) is 0 Å². The van der Waals surface area contributed by atoms with E-state index in [9.17, 15) is 26.4 Å². The Morgan fingerprint density at radius 3 is 1.71 bits per heavy atom. The van der Waals surface area contributed by atoms with Crippen LogP contribution in [0.15, 0.2) is 34.7 Å². The highest BCUT2D eigenvalue weighted by atomic mass is 32.2. The first-order chi connectivity index (χ1) is 19.8. The minimum atomic E-state index is -3.96. The van der Waals surface area contributed by atoms with Crippen LogP contribution in [0.5, 0.6) is 0 Å². The van der Waals surface area contributed by atoms with Gasteiger partial charge in [0.05, 0.1) is 32.4 Å². The number of quaternary nitrogens is 1. The summed E-state index contributed by atoms with van der Waals surface area (Å²) in [6.07, 6.45) is 9.32. The van der Waals surface area contributed by atoms with Gasteiger partial charge in [-0.15, -0.1) is 0 Å². The number of carbonyl (C=O) groups excluding carboxylic acids is 2. The lowest BCUT2D eigenvalue weighted by molar-refractivity contribution is -0.929. The highest BCUT2D eigenvalue weighted by molar-refractivity contribution is 7.86. The van der Waals surface area contributed by atoms with Gasteiger partial charge >= 0.3 is 16.6 Å². The van der Waals surface area contributed by atoms with Crippen LogP contribution in [0, 0.1) is 0 Å². The second-order valence-electron chi connectivity index (χ2n) is 10.5. The second-order valence-corrected chi connectivity index (χ2v) is 12.7. The largest absolute Gasteiger partial charge is 0.445 e. The van der Waals surface area contributed by atoms with Crippen molar-refractivity contribution in [3.05, 3.63) is 35.9 Å². The molecule has 242 valence electrons. The number of unbranched alkanes of at least 4 members (excludes halogenated alkanes) is 4. The van der Waals surface area contributed by atoms with E-state index in [2.05, 4.69) is 36.2 Å². The van der Waals surface area contributed by atoms with Crippen molar-refractivity contribution in [2.75, 3.05) is 32.4 Å². The fourth-order valence-electron chi connectivity index (χ4n) is 4.38. The molecule has 1 rings (SSSR count). The van der Waals surface area contributed by atoms with Crippen molar-refractivity contribution in [1.82, 2.24) is 5.32 Å². The van der Waals surface area contributed by atoms with Gasteiger partial charge in [0, 0.05) is 0 Å². The normalized spacial score (nSPS) is 12.8. The third-order valence-corrected chi connectivity index (χ3v) is 7.64. The molecule has 2 atom stereocenters. The predicted molar refractivity (Wildman–Crippen MR) is 165 cm³/mol. The van der Waals surface area contributed by atoms with Gasteiger partial charge in [-0.05, 0) is 38.2 Å². The molecule has 42 heavy (non-hydrogen) atoms. The Labute approximate surface area is 254 Å². The number of alkyl carbamates (subject to hydrolysis) is 1. The first-order valence-electron chi connectivity index (χ1n) is 14.9. The van der Waals surface area contributed by atoms with Crippen LogP contribution in [-0.4, -0.2) is 77.9 Å². The van der Waals surface area contributed by atoms with E-state index in [4.69, 9.17) is 4.74 Å². The Hall–Kier alpha value is -2.35. The minimum absolute atomic E-state index is 0.112. The summed E-state index contributed by atoms with van der Waals surface area (Å²) < 4.78 is 57.0. The summed E-state index contributed by atoms with van der Waals surface area (Å²) >= 11 is 0. The molecule has 0 spiro atoms. The van der Waals surface area contributed by atoms with Gasteiger partial charge < -0.3 is 14.5 Å². The number of ether oxygens (including phenoxy) is 1. The van der Waals surface area contributed by atoms with Crippen molar-refractivity contribution in [3.8, 4) is 0 Å². The predicted octanol–water partition coefficient (Wildman–Crippen LogP) is 5.24. The van der Waals surface area contributed by atoms with Crippen molar-refractivity contribution >= 4 is 32.6 Å². The van der Waals surface area contributed by atoms with Gasteiger partial charge in [-0.3, -0.25) is 8.98 Å². The van der Waals surface area contributed by atoms with Crippen LogP contribution >= 0.6 is 0 Å². The summed E-state index contributed by atoms with van der Waals surface area (Å²) in [5.41, 5.74) is 0.673. The molecule has 0 aliphatic carbocycles. The smallest absolute Gasteiger partial charge is 0.408 e. The lowest BCUT2D eigenvalue weighted by Gasteiger charge is -2.39. The van der Waals surface area contributed by atoms with Crippen LogP contribution < -0.4 is 5.32 Å². The molecule has 0 radical (unpaired) electrons. The van der Waals surface area contributed by atoms with E-state index >= 15 is 0 Å². The molecule has 2 amide bonds. The zero-order chi connectivity index (χ0) is 32.0. The fourth-order valence-corrected chi connectivity index (χ4v) is 5.30. The Morgan fingerprint density at radius 1 is 0.881 bits per heavy atom. The number of nitrogens with one attached hydrogen (secondary N) is 1. The number of hydrogen-bond acceptors (Lipinski definition) is 8. The molecule has 0 saturated carbocycles. The van der Waals surface area contributed by atoms with Crippen LogP contribution in [0.1, 0.15) is 91.5 Å². The lowest BCUT2D eigenvalue weighted by Crippen LogP contribution is -2.50. The Bertz CT molecular complexity index is 1100. The van der Waals surface area contributed by atoms with Crippen LogP contribution in [0.4, 0.5) is 4.79 Å². The number of benzene rings is 1. The van der Waals surface area contributed by atoms with Crippen molar-refractivity contribution in [3.63, 3.8) is 0 Å². The Kier molecular flexibility index (Phi) is 21.0. The average molecular weight is 635 g/mol. The summed E-state index contributed by atoms with van der Waals surface area (Å²) in [5.74, 6) is -1.30. The summed E-state index contributed by atoms with van der Waals surface area (Å²) in [5, 5.41) is 2.05. The van der Waals surface area contributed by atoms with Crippen molar-refractivity contribution in [2.24, 2.45) is 4.36 Å². The molecular formula is C29H52N3O8S2+. The van der Waals surface area contributed by atoms with Crippen LogP contribution in [0.25, 0.3) is 0 Å². The van der Waals surface area contributed by atoms with Gasteiger partial charge in [-0.1, -0.05) is 88.1 Å². The van der Waals surface area contributed by atoms with Crippen molar-refractivity contribution in [1.29, 1.82) is 0 Å². The van der Waals surface area contributed by atoms with E-state index in [0.717, 1.165) is 13.2 Å². The monoisotopic (exact) mass is 634 g/mol. The molecule has 0 bridgehead atoms. The van der Waals surface area contributed by atoms with E-state index in [0.29, 0.717) is 5.56 Å². The molecule has 1 aromatic rings. The third-order valence-electron chi connectivity index (χ3n) is 6.66. The molecule has 0 aromatic heterocycles. The highest BCUT2D eigenvalue weighted by Gasteiger charge is 2.31. The van der Waals surface area contributed by atoms with E-state index in [1.807, 2.05) is 5.32 Å². The molecule has 11 nitrogen and oxygen atoms in total. The van der Waals surface area contributed by atoms with Crippen molar-refractivity contribution < 1.29 is 39.8 Å². The quantitative estimate of drug-likeness (QED) is 0.161. The van der Waals surface area contributed by atoms with Crippen LogP contribution in [-0.2, 0) is 40.9 Å². The molecule has 13 heteroatoms. The van der Waals surface area contributed by atoms with Gasteiger partial charge in [-0.25, -0.2) is 4.79 Å². The summed E-state index contributed by atoms with van der Waals surface area (Å²) in [4.78, 5) is 23.6. The molecule has 0 aliphatic heterocycles. The maximum Gasteiger partial charge on any atom is 0.408 e. The number of rotatable bonds is 19. The summed E-state index contributed by atoms with van der Waals surface area (Å²) in [6.45, 7) is 16.1. The molecule has 0 unspecified atom stereocenters. The third kappa shape index (κ3) is 19.0. The van der Waals surface area contributed by atoms with Gasteiger partial charge in [0.2, 0.25) is 0 Å². The van der Waals surface area contributed by atoms with Gasteiger partial charge in [-0.2, -0.15) is 16.8 Å². The van der Waals surface area contributed by atoms with Crippen LogP contribution in [0.2, 0.25) is 0 Å². The highest BCUT2D eigenvalue weighted by Crippen LogP contribution is 2.16. The SMILES string of the molecule is CCCC[N+](CCCC)(CCCC)CCCC.C[C@@H](OS(C)(=O)=O)[C@H](NC(=O)OCc1ccccc1)C(=O)N=S(=O)=O. The van der Waals surface area contributed by atoms with E-state index < -0.39 is 44.8 Å². The number of hydrogen-bond donors (Lipinski definition) is 1. The van der Waals surface area contributed by atoms with E-state index in [1.54, 1.807) is 30.3 Å². The maximum absolute atomic E-state index is 11.8. The zero-order valence-electron chi connectivity index (χ0n) is 26.2. The lowest BCUT2D eigenvalue weighted by atomic mass is 10.1. The van der Waals surface area contributed by atoms with Gasteiger partial charge in [0.25, 0.3) is 16.0 Å². The van der Waals surface area contributed by atoms with Crippen LogP contribution in [0.3, 0.4) is 0 Å². The molecule has 0 fully saturated rings. The topological polar surface area (TPSA) is 145 Å². The molecule has 0 heterocycles. The standard InChI is InChI=1S/C16H36N.C13H16N2O8S2/c1-5-9-13-17(14-10-6-2,15-11-7-3)16-12-8-4;1-9(23-25(2,20)21)11(12(16)15-24(18)19)14-13(17)22-8-10-6-4-3-5-7-10/h5-16H2,1-4H3;3-7,9,11H,8H2,1-2H3,(H,14,17)/q+1;/t;9-,11+/m.1/s1. The average Bonchev–Trinajstić information content (AvgIpc) is 2.93. The minimum Gasteiger partial charge on any atom is -0.445 e. The Balaban J connectivity index is 0.000000865. The molecule has 1 aromatic carbocycles. The van der Waals surface area contributed by atoms with E-state index in [-0.39, 0.29) is 6.61 Å². The first-order valence-corrected chi connectivity index (χ1v) is 17.7. The van der Waals surface area contributed by atoms with Crippen molar-refractivity contribution in [2.45, 2.75) is 105 Å². The molecule has 1 N–H and O–H groups in total. The Morgan fingerprint density at radius 2 is 1.33 bits per heavy atom. The molecular weight excluding hydrogens is 582 g/mol. The maximum atomic E-state index is 11.8. The summed E-state index contributed by atoms with van der Waals surface area (Å²) in [6, 6.07) is 6.95. The molecule has 0 saturated heterocycles. The second kappa shape index (κ2) is 22.2.